The van der Waals surface area contributed by atoms with Crippen LogP contribution in [-0.4, -0.2) is 34.0 Å². The third-order valence-corrected chi connectivity index (χ3v) is 9.93. The van der Waals surface area contributed by atoms with Gasteiger partial charge in [0.25, 0.3) is 0 Å². The predicted molar refractivity (Wildman–Crippen MR) is 116 cm³/mol. The van der Waals surface area contributed by atoms with Gasteiger partial charge >= 0.3 is 5.97 Å². The fourth-order valence-electron chi connectivity index (χ4n) is 2.06. The van der Waals surface area contributed by atoms with E-state index in [0.29, 0.717) is 26.2 Å². The van der Waals surface area contributed by atoms with Crippen LogP contribution in [0.3, 0.4) is 0 Å². The Balaban J connectivity index is 0.00000625. The number of nitrogens with one attached hydrogen (secondary N) is 1. The van der Waals surface area contributed by atoms with Crippen molar-refractivity contribution in [1.29, 1.82) is 0 Å². The van der Waals surface area contributed by atoms with Crippen LogP contribution in [-0.2, 0) is 14.0 Å². The first-order chi connectivity index (χ1) is 11.6. The number of hydrogen-bond donors (Lipinski definition) is 1. The Morgan fingerprint density at radius 3 is 2.40 bits per heavy atom. The van der Waals surface area contributed by atoms with Crippen molar-refractivity contribution >= 4 is 36.9 Å². The van der Waals surface area contributed by atoms with E-state index in [4.69, 9.17) is 9.16 Å². The minimum Gasteiger partial charge on any atom is -0.466 e. The van der Waals surface area contributed by atoms with Crippen molar-refractivity contribution in [1.82, 2.24) is 5.32 Å². The highest BCUT2D eigenvalue weighted by Crippen LogP contribution is 2.37. The molecule has 144 valence electrons. The topological polar surface area (TPSA) is 47.6 Å². The van der Waals surface area contributed by atoms with Crippen LogP contribution in [0.4, 0.5) is 0 Å². The normalized spacial score (nSPS) is 13.6. The lowest BCUT2D eigenvalue weighted by atomic mass is 10.1. The van der Waals surface area contributed by atoms with Crippen LogP contribution in [0, 0.1) is 3.57 Å². The number of rotatable bonds is 9. The molecule has 0 radical (unpaired) electrons. The number of esters is 1. The van der Waals surface area contributed by atoms with Gasteiger partial charge in [0, 0.05) is 11.5 Å². The molecule has 0 heterocycles. The zero-order valence-electron chi connectivity index (χ0n) is 16.3. The maximum atomic E-state index is 11.6. The van der Waals surface area contributed by atoms with Crippen molar-refractivity contribution in [2.24, 2.45) is 0 Å². The van der Waals surface area contributed by atoms with E-state index in [1.165, 1.54) is 9.13 Å². The number of carbonyl (C=O) groups is 1. The summed E-state index contributed by atoms with van der Waals surface area (Å²) < 4.78 is 12.6. The van der Waals surface area contributed by atoms with Crippen LogP contribution >= 0.6 is 22.6 Å². The highest BCUT2D eigenvalue weighted by Gasteiger charge is 2.37. The van der Waals surface area contributed by atoms with Crippen molar-refractivity contribution in [3.05, 3.63) is 33.4 Å². The number of hydrogen-bond acceptors (Lipinski definition) is 4. The van der Waals surface area contributed by atoms with Crippen molar-refractivity contribution in [2.45, 2.75) is 58.3 Å². The molecule has 0 aliphatic carbocycles. The second-order valence-electron chi connectivity index (χ2n) is 7.68. The molecule has 25 heavy (non-hydrogen) atoms. The monoisotopic (exact) mass is 479 g/mol. The second kappa shape index (κ2) is 10.0. The zero-order valence-corrected chi connectivity index (χ0v) is 19.5. The van der Waals surface area contributed by atoms with E-state index in [-0.39, 0.29) is 18.5 Å². The Kier molecular flexibility index (Phi) is 9.07. The zero-order chi connectivity index (χ0) is 19.1. The van der Waals surface area contributed by atoms with Crippen molar-refractivity contribution in [3.8, 4) is 0 Å². The molecule has 1 aromatic carbocycles. The Hall–Kier alpha value is -0.443. The molecular weight excluding hydrogens is 445 g/mol. The van der Waals surface area contributed by atoms with Crippen LogP contribution in [0.5, 0.6) is 0 Å². The van der Waals surface area contributed by atoms with Gasteiger partial charge in [-0.25, -0.2) is 0 Å². The van der Waals surface area contributed by atoms with Gasteiger partial charge < -0.3 is 14.5 Å². The lowest BCUT2D eigenvalue weighted by Gasteiger charge is -2.37. The summed E-state index contributed by atoms with van der Waals surface area (Å²) in [6.07, 6.45) is 0.370. The van der Waals surface area contributed by atoms with E-state index in [0.717, 1.165) is 0 Å². The van der Waals surface area contributed by atoms with Crippen LogP contribution in [0.2, 0.25) is 18.1 Å². The molecule has 0 fully saturated rings. The Bertz CT molecular complexity index is 547. The maximum absolute atomic E-state index is 11.6. The Labute approximate surface area is 168 Å². The quantitative estimate of drug-likeness (QED) is 0.303. The molecule has 0 saturated carbocycles. The molecule has 1 rings (SSSR count). The average Bonchev–Trinajstić information content (AvgIpc) is 2.51. The summed E-state index contributed by atoms with van der Waals surface area (Å²) >= 11 is 2.31. The standard InChI is InChI=1S/C19H32INO3Si.H2/c1-7-23-18(22)12-13-21-17(15-8-10-16(20)11-9-15)14-24-25(5,6)19(2,3)4;/h8-11,17,21H,7,12-14H2,1-6H3;1H. The van der Waals surface area contributed by atoms with Gasteiger partial charge in [-0.3, -0.25) is 4.79 Å². The number of benzene rings is 1. The van der Waals surface area contributed by atoms with E-state index in [2.05, 4.69) is 86.0 Å². The molecule has 0 aliphatic heterocycles. The van der Waals surface area contributed by atoms with Crippen molar-refractivity contribution in [2.75, 3.05) is 19.8 Å². The summed E-state index contributed by atoms with van der Waals surface area (Å²) in [5, 5.41) is 3.64. The van der Waals surface area contributed by atoms with Gasteiger partial charge in [-0.2, -0.15) is 0 Å². The first-order valence-electron chi connectivity index (χ1n) is 8.85. The second-order valence-corrected chi connectivity index (χ2v) is 13.7. The predicted octanol–water partition coefficient (Wildman–Crippen LogP) is 5.14. The largest absolute Gasteiger partial charge is 0.466 e. The molecule has 1 atom stereocenters. The molecular formula is C19H34INO3Si. The fraction of sp³-hybridized carbons (Fsp3) is 0.632. The molecule has 6 heteroatoms. The summed E-state index contributed by atoms with van der Waals surface area (Å²) in [6.45, 7) is 14.7. The van der Waals surface area contributed by atoms with Crippen LogP contribution in [0.15, 0.2) is 24.3 Å². The van der Waals surface area contributed by atoms with Gasteiger partial charge in [0.15, 0.2) is 8.32 Å². The van der Waals surface area contributed by atoms with E-state index < -0.39 is 8.32 Å². The number of halogens is 1. The molecule has 0 aliphatic rings. The summed E-state index contributed by atoms with van der Waals surface area (Å²) in [4.78, 5) is 11.6. The molecule has 0 aromatic heterocycles. The van der Waals surface area contributed by atoms with Crippen LogP contribution in [0.25, 0.3) is 0 Å². The highest BCUT2D eigenvalue weighted by atomic mass is 127. The van der Waals surface area contributed by atoms with Gasteiger partial charge in [-0.05, 0) is 65.3 Å². The lowest BCUT2D eigenvalue weighted by molar-refractivity contribution is -0.143. The lowest BCUT2D eigenvalue weighted by Crippen LogP contribution is -2.43. The van der Waals surface area contributed by atoms with Gasteiger partial charge in [-0.15, -0.1) is 0 Å². The van der Waals surface area contributed by atoms with E-state index in [1.54, 1.807) is 0 Å². The van der Waals surface area contributed by atoms with Crippen molar-refractivity contribution in [3.63, 3.8) is 0 Å². The van der Waals surface area contributed by atoms with Crippen LogP contribution < -0.4 is 5.32 Å². The number of carbonyl (C=O) groups excluding carboxylic acids is 1. The third kappa shape index (κ3) is 7.76. The molecule has 0 amide bonds. The first kappa shape index (κ1) is 22.6. The van der Waals surface area contributed by atoms with Crippen molar-refractivity contribution < 1.29 is 15.4 Å². The maximum Gasteiger partial charge on any atom is 0.307 e. The van der Waals surface area contributed by atoms with E-state index >= 15 is 0 Å². The molecule has 0 saturated heterocycles. The SMILES string of the molecule is CCOC(=O)CCNC(CO[Si](C)(C)C(C)(C)C)c1ccc(I)cc1.[HH]. The summed E-state index contributed by atoms with van der Waals surface area (Å²) in [7, 11) is -1.82. The summed E-state index contributed by atoms with van der Waals surface area (Å²) in [5.41, 5.74) is 1.18. The smallest absolute Gasteiger partial charge is 0.307 e. The van der Waals surface area contributed by atoms with Crippen LogP contribution in [0.1, 0.15) is 47.1 Å². The van der Waals surface area contributed by atoms with Gasteiger partial charge in [0.1, 0.15) is 0 Å². The summed E-state index contributed by atoms with van der Waals surface area (Å²) in [6, 6.07) is 8.52. The Morgan fingerprint density at radius 1 is 1.28 bits per heavy atom. The third-order valence-electron chi connectivity index (χ3n) is 4.71. The molecule has 1 unspecified atom stereocenters. The van der Waals surface area contributed by atoms with Gasteiger partial charge in [-0.1, -0.05) is 32.9 Å². The molecule has 4 nitrogen and oxygen atoms in total. The van der Waals surface area contributed by atoms with E-state index in [1.807, 2.05) is 6.92 Å². The van der Waals surface area contributed by atoms with Gasteiger partial charge in [0.05, 0.1) is 25.7 Å². The Morgan fingerprint density at radius 2 is 1.88 bits per heavy atom. The fourth-order valence-corrected chi connectivity index (χ4v) is 3.43. The van der Waals surface area contributed by atoms with E-state index in [9.17, 15) is 4.79 Å². The minimum absolute atomic E-state index is 0. The molecule has 0 spiro atoms. The minimum atomic E-state index is -1.82. The first-order valence-corrected chi connectivity index (χ1v) is 12.8. The summed E-state index contributed by atoms with van der Waals surface area (Å²) in [5.74, 6) is -0.165. The number of ether oxygens (including phenoxy) is 1. The molecule has 1 aromatic rings. The average molecular weight is 479 g/mol. The molecule has 0 bridgehead atoms. The van der Waals surface area contributed by atoms with Gasteiger partial charge in [0.2, 0.25) is 0 Å². The molecule has 1 N–H and O–H groups in total. The highest BCUT2D eigenvalue weighted by molar-refractivity contribution is 14.1.